The van der Waals surface area contributed by atoms with Gasteiger partial charge in [-0.25, -0.2) is 4.79 Å². The topological polar surface area (TPSA) is 63.6 Å². The Hall–Kier alpha value is -1.49. The first kappa shape index (κ1) is 13.6. The van der Waals surface area contributed by atoms with Gasteiger partial charge in [0.15, 0.2) is 0 Å². The molecule has 0 aliphatic carbocycles. The summed E-state index contributed by atoms with van der Waals surface area (Å²) in [5.74, 6) is -0.728. The van der Waals surface area contributed by atoms with Gasteiger partial charge in [-0.15, -0.1) is 0 Å². The van der Waals surface area contributed by atoms with Gasteiger partial charge in [-0.2, -0.15) is 11.8 Å². The zero-order valence-corrected chi connectivity index (χ0v) is 10.3. The maximum Gasteiger partial charge on any atom is 0.345 e. The Morgan fingerprint density at radius 2 is 2.00 bits per heavy atom. The van der Waals surface area contributed by atoms with Crippen LogP contribution < -0.4 is 0 Å². The van der Waals surface area contributed by atoms with Gasteiger partial charge in [0, 0.05) is 18.4 Å². The lowest BCUT2D eigenvalue weighted by atomic mass is 10.2. The number of hydrogen-bond donors (Lipinski definition) is 1. The number of hydrogen-bond acceptors (Lipinski definition) is 4. The van der Waals surface area contributed by atoms with Gasteiger partial charge in [-0.1, -0.05) is 30.3 Å². The standard InChI is InChI=1S/C12H14O4S/c1-9(13)16-11(12(14)15)8-17-7-10-5-3-2-4-6-10/h2-6,11H,7-8H2,1H3,(H,14,15)/t11-/m0/s1. The van der Waals surface area contributed by atoms with Crippen molar-refractivity contribution in [3.63, 3.8) is 0 Å². The van der Waals surface area contributed by atoms with Crippen LogP contribution in [0.4, 0.5) is 0 Å². The first-order chi connectivity index (χ1) is 8.09. The number of benzene rings is 1. The molecule has 1 N–H and O–H groups in total. The number of aliphatic carboxylic acids is 1. The van der Waals surface area contributed by atoms with Crippen LogP contribution in [0.5, 0.6) is 0 Å². The van der Waals surface area contributed by atoms with E-state index in [2.05, 4.69) is 0 Å². The summed E-state index contributed by atoms with van der Waals surface area (Å²) >= 11 is 1.43. The molecule has 0 aliphatic rings. The molecule has 0 spiro atoms. The molecule has 0 saturated heterocycles. The van der Waals surface area contributed by atoms with E-state index in [1.54, 1.807) is 0 Å². The fraction of sp³-hybridized carbons (Fsp3) is 0.333. The Labute approximate surface area is 104 Å². The van der Waals surface area contributed by atoms with Crippen molar-refractivity contribution in [3.8, 4) is 0 Å². The van der Waals surface area contributed by atoms with Crippen molar-refractivity contribution in [2.24, 2.45) is 0 Å². The summed E-state index contributed by atoms with van der Waals surface area (Å²) in [6.07, 6.45) is -1.07. The highest BCUT2D eigenvalue weighted by Crippen LogP contribution is 2.14. The average molecular weight is 254 g/mol. The van der Waals surface area contributed by atoms with Gasteiger partial charge < -0.3 is 9.84 Å². The van der Waals surface area contributed by atoms with Gasteiger partial charge in [-0.05, 0) is 5.56 Å². The van der Waals surface area contributed by atoms with Crippen molar-refractivity contribution >= 4 is 23.7 Å². The van der Waals surface area contributed by atoms with Crippen LogP contribution in [0.25, 0.3) is 0 Å². The molecular formula is C12H14O4S. The second-order valence-corrected chi connectivity index (χ2v) is 4.47. The minimum absolute atomic E-state index is 0.254. The van der Waals surface area contributed by atoms with E-state index in [0.29, 0.717) is 5.75 Å². The van der Waals surface area contributed by atoms with Crippen LogP contribution in [-0.2, 0) is 20.1 Å². The average Bonchev–Trinajstić information content (AvgIpc) is 2.28. The van der Waals surface area contributed by atoms with Gasteiger partial charge in [0.2, 0.25) is 6.10 Å². The van der Waals surface area contributed by atoms with Crippen molar-refractivity contribution in [2.75, 3.05) is 5.75 Å². The number of carboxylic acids is 1. The smallest absolute Gasteiger partial charge is 0.345 e. The van der Waals surface area contributed by atoms with E-state index in [-0.39, 0.29) is 5.75 Å². The Kier molecular flexibility index (Phi) is 5.56. The third kappa shape index (κ3) is 5.40. The van der Waals surface area contributed by atoms with Gasteiger partial charge in [0.05, 0.1) is 0 Å². The lowest BCUT2D eigenvalue weighted by Crippen LogP contribution is -2.28. The van der Waals surface area contributed by atoms with Crippen LogP contribution >= 0.6 is 11.8 Å². The van der Waals surface area contributed by atoms with Gasteiger partial charge >= 0.3 is 11.9 Å². The summed E-state index contributed by atoms with van der Waals surface area (Å²) in [7, 11) is 0. The number of ether oxygens (including phenoxy) is 1. The Morgan fingerprint density at radius 3 is 2.53 bits per heavy atom. The van der Waals surface area contributed by atoms with Crippen molar-refractivity contribution in [1.29, 1.82) is 0 Å². The van der Waals surface area contributed by atoms with Crippen LogP contribution in [0.3, 0.4) is 0 Å². The van der Waals surface area contributed by atoms with Gasteiger partial charge in [-0.3, -0.25) is 4.79 Å². The lowest BCUT2D eigenvalue weighted by molar-refractivity contribution is -0.160. The van der Waals surface area contributed by atoms with Crippen molar-refractivity contribution in [3.05, 3.63) is 35.9 Å². The second-order valence-electron chi connectivity index (χ2n) is 3.44. The maximum atomic E-state index is 10.8. The van der Waals surface area contributed by atoms with E-state index in [0.717, 1.165) is 5.56 Å². The molecule has 4 nitrogen and oxygen atoms in total. The number of rotatable bonds is 6. The first-order valence-corrected chi connectivity index (χ1v) is 6.26. The second kappa shape index (κ2) is 6.96. The lowest BCUT2D eigenvalue weighted by Gasteiger charge is -2.11. The SMILES string of the molecule is CC(=O)O[C@@H](CSCc1ccccc1)C(=O)O. The van der Waals surface area contributed by atoms with E-state index in [4.69, 9.17) is 9.84 Å². The van der Waals surface area contributed by atoms with Crippen LogP contribution in [0, 0.1) is 0 Å². The molecule has 0 aliphatic heterocycles. The predicted molar refractivity (Wildman–Crippen MR) is 65.8 cm³/mol. The summed E-state index contributed by atoms with van der Waals surface area (Å²) in [4.78, 5) is 21.5. The minimum Gasteiger partial charge on any atom is -0.478 e. The van der Waals surface area contributed by atoms with Crippen LogP contribution in [-0.4, -0.2) is 28.9 Å². The van der Waals surface area contributed by atoms with Crippen LogP contribution in [0.1, 0.15) is 12.5 Å². The van der Waals surface area contributed by atoms with E-state index < -0.39 is 18.0 Å². The molecule has 0 aromatic heterocycles. The fourth-order valence-electron chi connectivity index (χ4n) is 1.21. The molecule has 17 heavy (non-hydrogen) atoms. The molecular weight excluding hydrogens is 240 g/mol. The number of esters is 1. The van der Waals surface area contributed by atoms with Crippen LogP contribution in [0.15, 0.2) is 30.3 Å². The molecule has 0 bridgehead atoms. The number of carbonyl (C=O) groups is 2. The number of carbonyl (C=O) groups excluding carboxylic acids is 1. The van der Waals surface area contributed by atoms with E-state index >= 15 is 0 Å². The molecule has 92 valence electrons. The molecule has 5 heteroatoms. The van der Waals surface area contributed by atoms with E-state index in [1.807, 2.05) is 30.3 Å². The zero-order chi connectivity index (χ0) is 12.7. The zero-order valence-electron chi connectivity index (χ0n) is 9.46. The maximum absolute atomic E-state index is 10.8. The highest BCUT2D eigenvalue weighted by Gasteiger charge is 2.20. The summed E-state index contributed by atoms with van der Waals surface area (Å²) in [5, 5.41) is 8.83. The molecule has 0 saturated carbocycles. The van der Waals surface area contributed by atoms with Crippen molar-refractivity contribution < 1.29 is 19.4 Å². The molecule has 0 heterocycles. The molecule has 0 unspecified atom stereocenters. The number of carboxylic acid groups (broad SMARTS) is 1. The van der Waals surface area contributed by atoms with Gasteiger partial charge in [0.1, 0.15) is 0 Å². The fourth-order valence-corrected chi connectivity index (χ4v) is 2.18. The van der Waals surface area contributed by atoms with Crippen LogP contribution in [0.2, 0.25) is 0 Å². The Morgan fingerprint density at radius 1 is 1.35 bits per heavy atom. The monoisotopic (exact) mass is 254 g/mol. The Bertz CT molecular complexity index is 377. The van der Waals surface area contributed by atoms with Gasteiger partial charge in [0.25, 0.3) is 0 Å². The molecule has 1 aromatic carbocycles. The largest absolute Gasteiger partial charge is 0.478 e. The quantitative estimate of drug-likeness (QED) is 0.786. The predicted octanol–water partition coefficient (Wildman–Crippen LogP) is 1.94. The number of thioether (sulfide) groups is 1. The summed E-state index contributed by atoms with van der Waals surface area (Å²) in [5.41, 5.74) is 1.12. The summed E-state index contributed by atoms with van der Waals surface area (Å²) < 4.78 is 4.69. The van der Waals surface area contributed by atoms with Crippen molar-refractivity contribution in [2.45, 2.75) is 18.8 Å². The first-order valence-electron chi connectivity index (χ1n) is 5.11. The van der Waals surface area contributed by atoms with Crippen molar-refractivity contribution in [1.82, 2.24) is 0 Å². The molecule has 1 aromatic rings. The third-order valence-corrected chi connectivity index (χ3v) is 3.04. The van der Waals surface area contributed by atoms with E-state index in [1.165, 1.54) is 18.7 Å². The molecule has 1 rings (SSSR count). The molecule has 0 fully saturated rings. The summed E-state index contributed by atoms with van der Waals surface area (Å²) in [6, 6.07) is 9.71. The molecule has 0 amide bonds. The third-order valence-electron chi connectivity index (χ3n) is 1.96. The minimum atomic E-state index is -1.11. The molecule has 1 atom stereocenters. The normalized spacial score (nSPS) is 11.8. The highest BCUT2D eigenvalue weighted by molar-refractivity contribution is 7.98. The molecule has 0 radical (unpaired) electrons. The summed E-state index contributed by atoms with van der Waals surface area (Å²) in [6.45, 7) is 1.21. The van der Waals surface area contributed by atoms with E-state index in [9.17, 15) is 9.59 Å². The highest BCUT2D eigenvalue weighted by atomic mass is 32.2. The Balaban J connectivity index is 2.37.